The van der Waals surface area contributed by atoms with E-state index >= 15 is 0 Å². The number of sulfone groups is 1. The van der Waals surface area contributed by atoms with Crippen LogP contribution in [0.15, 0.2) is 59.5 Å². The van der Waals surface area contributed by atoms with Crippen molar-refractivity contribution in [3.63, 3.8) is 0 Å². The fraction of sp³-hybridized carbons (Fsp3) is 0.581. The number of hydrogen-bond donors (Lipinski definition) is 2. The summed E-state index contributed by atoms with van der Waals surface area (Å²) in [5.41, 5.74) is 0.797. The lowest BCUT2D eigenvalue weighted by atomic mass is 9.85. The maximum Gasteiger partial charge on any atom is 0.407 e. The quantitative estimate of drug-likeness (QED) is 0.344. The van der Waals surface area contributed by atoms with Crippen molar-refractivity contribution in [3.05, 3.63) is 60.2 Å². The lowest BCUT2D eigenvalue weighted by Gasteiger charge is -2.35. The normalized spacial score (nSPS) is 27.0. The first-order valence-corrected chi connectivity index (χ1v) is 18.4. The average molecular weight is 667 g/mol. The van der Waals surface area contributed by atoms with Crippen molar-refractivity contribution < 1.29 is 45.7 Å². The highest BCUT2D eigenvalue weighted by atomic mass is 32.2. The smallest absolute Gasteiger partial charge is 0.407 e. The fourth-order valence-electron chi connectivity index (χ4n) is 6.48. The molecule has 0 aliphatic carbocycles. The van der Waals surface area contributed by atoms with Gasteiger partial charge in [-0.05, 0) is 48.6 Å². The van der Waals surface area contributed by atoms with E-state index in [-0.39, 0.29) is 53.7 Å². The minimum absolute atomic E-state index is 0.0455. The highest BCUT2D eigenvalue weighted by Crippen LogP contribution is 2.45. The van der Waals surface area contributed by atoms with Crippen molar-refractivity contribution in [1.29, 1.82) is 0 Å². The maximum absolute atomic E-state index is 13.7. The van der Waals surface area contributed by atoms with Crippen LogP contribution < -0.4 is 10.1 Å². The first-order valence-electron chi connectivity index (χ1n) is 15.2. The van der Waals surface area contributed by atoms with E-state index in [1.54, 1.807) is 12.1 Å². The third-order valence-electron chi connectivity index (χ3n) is 8.56. The van der Waals surface area contributed by atoms with Gasteiger partial charge in [-0.1, -0.05) is 44.2 Å². The second-order valence-corrected chi connectivity index (χ2v) is 16.5. The molecule has 12 nitrogen and oxygen atoms in total. The molecule has 3 fully saturated rings. The molecule has 3 aliphatic heterocycles. The van der Waals surface area contributed by atoms with Crippen molar-refractivity contribution in [2.24, 2.45) is 17.8 Å². The summed E-state index contributed by atoms with van der Waals surface area (Å²) in [6.45, 7) is 4.06. The molecule has 3 aliphatic rings. The molecule has 0 saturated carbocycles. The fourth-order valence-corrected chi connectivity index (χ4v) is 9.83. The van der Waals surface area contributed by atoms with Crippen LogP contribution in [0.4, 0.5) is 4.79 Å². The molecule has 0 unspecified atom stereocenters. The zero-order chi connectivity index (χ0) is 32.4. The summed E-state index contributed by atoms with van der Waals surface area (Å²) >= 11 is 0. The van der Waals surface area contributed by atoms with Crippen LogP contribution in [0.25, 0.3) is 0 Å². The average Bonchev–Trinajstić information content (AvgIpc) is 3.57. The molecule has 0 bridgehead atoms. The molecule has 7 atom stereocenters. The molecule has 45 heavy (non-hydrogen) atoms. The van der Waals surface area contributed by atoms with Crippen molar-refractivity contribution in [2.45, 2.75) is 62.2 Å². The van der Waals surface area contributed by atoms with E-state index in [1.165, 1.54) is 23.5 Å². The number of sulfonamides is 1. The summed E-state index contributed by atoms with van der Waals surface area (Å²) in [5.74, 6) is -0.454. The molecule has 3 saturated heterocycles. The second-order valence-electron chi connectivity index (χ2n) is 12.4. The number of alkyl carbamates (subject to hydrolysis) is 1. The molecule has 2 aromatic rings. The Kier molecular flexibility index (Phi) is 10.4. The molecule has 0 spiro atoms. The minimum Gasteiger partial charge on any atom is -0.497 e. The third kappa shape index (κ3) is 7.98. The molecule has 2 aromatic carbocycles. The van der Waals surface area contributed by atoms with Gasteiger partial charge < -0.3 is 29.4 Å². The Labute approximate surface area is 265 Å². The van der Waals surface area contributed by atoms with Crippen molar-refractivity contribution in [3.8, 4) is 5.75 Å². The van der Waals surface area contributed by atoms with Crippen LogP contribution in [-0.4, -0.2) is 101 Å². The number of aliphatic hydroxyl groups is 1. The number of benzene rings is 2. The number of aliphatic hydroxyl groups excluding tert-OH is 1. The predicted octanol–water partition coefficient (Wildman–Crippen LogP) is 2.21. The molecule has 2 N–H and O–H groups in total. The molecule has 248 valence electrons. The number of fused-ring (bicyclic) bond motifs is 3. The summed E-state index contributed by atoms with van der Waals surface area (Å²) < 4.78 is 76.4. The SMILES string of the molecule is COc1ccc(S(=O)(=O)N(CC(C)C)C[C@@H](O)[C@H](Cc2ccccc2)NC(=O)O[C@@H]2CS(=O)(=O)C[C@@H]3O[C@H]4OCC[C@H]4[C@@H]32)cc1. The molecule has 3 heterocycles. The van der Waals surface area contributed by atoms with Gasteiger partial charge in [0.2, 0.25) is 10.0 Å². The Morgan fingerprint density at radius 2 is 1.80 bits per heavy atom. The van der Waals surface area contributed by atoms with Crippen molar-refractivity contribution in [1.82, 2.24) is 9.62 Å². The van der Waals surface area contributed by atoms with Gasteiger partial charge in [-0.2, -0.15) is 4.31 Å². The van der Waals surface area contributed by atoms with Gasteiger partial charge in [0.25, 0.3) is 0 Å². The van der Waals surface area contributed by atoms with E-state index in [9.17, 15) is 26.7 Å². The molecule has 1 amide bonds. The van der Waals surface area contributed by atoms with E-state index in [0.29, 0.717) is 18.8 Å². The van der Waals surface area contributed by atoms with Crippen LogP contribution in [0.1, 0.15) is 25.8 Å². The zero-order valence-corrected chi connectivity index (χ0v) is 27.3. The van der Waals surface area contributed by atoms with Crippen molar-refractivity contribution in [2.75, 3.05) is 38.3 Å². The Bertz CT molecular complexity index is 1520. The number of ether oxygens (including phenoxy) is 4. The van der Waals surface area contributed by atoms with Gasteiger partial charge in [-0.3, -0.25) is 0 Å². The van der Waals surface area contributed by atoms with Gasteiger partial charge in [0, 0.05) is 24.9 Å². The number of carbonyl (C=O) groups excluding carboxylic acids is 1. The molecule has 14 heteroatoms. The molecule has 5 rings (SSSR count). The third-order valence-corrected chi connectivity index (χ3v) is 12.1. The second kappa shape index (κ2) is 13.9. The lowest BCUT2D eigenvalue weighted by Crippen LogP contribution is -2.53. The standard InChI is InChI=1S/C31H42N2O10S2/c1-20(2)16-33(45(38,39)23-11-9-22(40-3)10-12-23)17-26(34)25(15-21-7-5-4-6-8-21)32-31(35)43-28-19-44(36,37)18-27-29(28)24-13-14-41-30(24)42-27/h4-12,20,24-30,34H,13-19H2,1-3H3,(H,32,35)/t24-,25-,26+,27-,28+,29-,30+/m0/s1. The summed E-state index contributed by atoms with van der Waals surface area (Å²) in [7, 11) is -6.08. The van der Waals surface area contributed by atoms with Crippen molar-refractivity contribution >= 4 is 26.0 Å². The van der Waals surface area contributed by atoms with Gasteiger partial charge in [0.05, 0.1) is 48.4 Å². The zero-order valence-electron chi connectivity index (χ0n) is 25.6. The van der Waals surface area contributed by atoms with E-state index in [1.807, 2.05) is 44.2 Å². The summed E-state index contributed by atoms with van der Waals surface area (Å²) in [4.78, 5) is 13.4. The highest BCUT2D eigenvalue weighted by molar-refractivity contribution is 7.91. The summed E-state index contributed by atoms with van der Waals surface area (Å²) in [6, 6.07) is 14.2. The Hall–Kier alpha value is -2.75. The van der Waals surface area contributed by atoms with Crippen LogP contribution in [0.2, 0.25) is 0 Å². The Morgan fingerprint density at radius 3 is 2.47 bits per heavy atom. The number of carbonyl (C=O) groups is 1. The number of nitrogens with one attached hydrogen (secondary N) is 1. The molecule has 0 aromatic heterocycles. The largest absolute Gasteiger partial charge is 0.497 e. The van der Waals surface area contributed by atoms with E-state index < -0.39 is 56.6 Å². The van der Waals surface area contributed by atoms with Gasteiger partial charge in [-0.15, -0.1) is 0 Å². The topological polar surface area (TPSA) is 158 Å². The number of rotatable bonds is 12. The van der Waals surface area contributed by atoms with Crippen LogP contribution in [0.5, 0.6) is 5.75 Å². The lowest BCUT2D eigenvalue weighted by molar-refractivity contribution is -0.114. The van der Waals surface area contributed by atoms with Crippen LogP contribution in [-0.2, 0) is 40.5 Å². The van der Waals surface area contributed by atoms with Crippen LogP contribution >= 0.6 is 0 Å². The van der Waals surface area contributed by atoms with Gasteiger partial charge in [-0.25, -0.2) is 21.6 Å². The van der Waals surface area contributed by atoms with Crippen LogP contribution in [0, 0.1) is 17.8 Å². The molecular formula is C31H42N2O10S2. The highest BCUT2D eigenvalue weighted by Gasteiger charge is 2.56. The summed E-state index contributed by atoms with van der Waals surface area (Å²) in [5, 5.41) is 14.3. The molecular weight excluding hydrogens is 624 g/mol. The molecule has 0 radical (unpaired) electrons. The van der Waals surface area contributed by atoms with Gasteiger partial charge in [0.1, 0.15) is 11.9 Å². The van der Waals surface area contributed by atoms with Gasteiger partial charge >= 0.3 is 6.09 Å². The number of hydrogen-bond acceptors (Lipinski definition) is 10. The number of nitrogens with zero attached hydrogens (tertiary/aromatic N) is 1. The minimum atomic E-state index is -4.02. The monoisotopic (exact) mass is 666 g/mol. The number of amides is 1. The predicted molar refractivity (Wildman–Crippen MR) is 165 cm³/mol. The van der Waals surface area contributed by atoms with E-state index in [0.717, 1.165) is 5.56 Å². The Balaban J connectivity index is 1.35. The first kappa shape index (κ1) is 33.6. The van der Waals surface area contributed by atoms with E-state index in [2.05, 4.69) is 5.32 Å². The van der Waals surface area contributed by atoms with E-state index in [4.69, 9.17) is 18.9 Å². The van der Waals surface area contributed by atoms with Crippen LogP contribution in [0.3, 0.4) is 0 Å². The number of methoxy groups -OCH3 is 1. The summed E-state index contributed by atoms with van der Waals surface area (Å²) in [6.07, 6.45) is -3.48. The van der Waals surface area contributed by atoms with Gasteiger partial charge in [0.15, 0.2) is 16.1 Å². The first-order chi connectivity index (χ1) is 21.4. The Morgan fingerprint density at radius 1 is 1.09 bits per heavy atom. The maximum atomic E-state index is 13.7.